The van der Waals surface area contributed by atoms with Gasteiger partial charge >= 0.3 is 5.97 Å². The molecule has 8 heteroatoms. The molecule has 0 saturated carbocycles. The average Bonchev–Trinajstić information content (AvgIpc) is 3.25. The number of fused-ring (bicyclic) bond motifs is 1. The molecule has 3 heterocycles. The summed E-state index contributed by atoms with van der Waals surface area (Å²) in [4.78, 5) is 21.3. The van der Waals surface area contributed by atoms with Gasteiger partial charge in [0.2, 0.25) is 5.90 Å². The van der Waals surface area contributed by atoms with Crippen LogP contribution in [0.4, 0.5) is 0 Å². The zero-order valence-electron chi connectivity index (χ0n) is 12.4. The molecule has 0 saturated heterocycles. The Kier molecular flexibility index (Phi) is 3.59. The maximum Gasteiger partial charge on any atom is 0.363 e. The van der Waals surface area contributed by atoms with E-state index in [0.29, 0.717) is 22.2 Å². The summed E-state index contributed by atoms with van der Waals surface area (Å²) in [7, 11) is 1.59. The molecule has 0 unspecified atom stereocenters. The molecule has 0 spiro atoms. The quantitative estimate of drug-likeness (QED) is 0.531. The summed E-state index contributed by atoms with van der Waals surface area (Å²) in [6.07, 6.45) is 3.41. The second kappa shape index (κ2) is 5.77. The van der Waals surface area contributed by atoms with Gasteiger partial charge in [0.1, 0.15) is 5.75 Å². The van der Waals surface area contributed by atoms with Crippen LogP contribution in [0.2, 0.25) is 5.15 Å². The van der Waals surface area contributed by atoms with Crippen molar-refractivity contribution in [3.8, 4) is 5.75 Å². The van der Waals surface area contributed by atoms with Gasteiger partial charge in [0.25, 0.3) is 0 Å². The summed E-state index contributed by atoms with van der Waals surface area (Å²) in [6.45, 7) is 0. The molecule has 0 amide bonds. The molecular formula is C16H10ClN3O3S. The van der Waals surface area contributed by atoms with Crippen LogP contribution < -0.4 is 4.74 Å². The van der Waals surface area contributed by atoms with Crippen LogP contribution in [-0.4, -0.2) is 28.4 Å². The van der Waals surface area contributed by atoms with Gasteiger partial charge in [-0.25, -0.2) is 14.8 Å². The van der Waals surface area contributed by atoms with Crippen molar-refractivity contribution in [1.29, 1.82) is 0 Å². The van der Waals surface area contributed by atoms with Crippen LogP contribution in [0.1, 0.15) is 11.3 Å². The summed E-state index contributed by atoms with van der Waals surface area (Å²) < 4.78 is 12.2. The number of hydrogen-bond donors (Lipinski definition) is 0. The Labute approximate surface area is 145 Å². The molecule has 1 aromatic carbocycles. The fourth-order valence-electron chi connectivity index (χ4n) is 2.30. The predicted molar refractivity (Wildman–Crippen MR) is 91.7 cm³/mol. The van der Waals surface area contributed by atoms with Crippen LogP contribution in [0.25, 0.3) is 11.0 Å². The van der Waals surface area contributed by atoms with Gasteiger partial charge in [-0.1, -0.05) is 11.6 Å². The van der Waals surface area contributed by atoms with Gasteiger partial charge in [0.15, 0.2) is 15.8 Å². The summed E-state index contributed by atoms with van der Waals surface area (Å²) in [5.74, 6) is 0.434. The number of methoxy groups -OCH3 is 1. The highest BCUT2D eigenvalue weighted by atomic mass is 35.5. The van der Waals surface area contributed by atoms with Crippen molar-refractivity contribution >= 4 is 45.8 Å². The highest BCUT2D eigenvalue weighted by Crippen LogP contribution is 2.26. The first-order valence-electron chi connectivity index (χ1n) is 6.94. The molecule has 0 bridgehead atoms. The van der Waals surface area contributed by atoms with Gasteiger partial charge in [-0.15, -0.1) is 11.3 Å². The summed E-state index contributed by atoms with van der Waals surface area (Å²) in [6, 6.07) is 7.10. The van der Waals surface area contributed by atoms with Gasteiger partial charge in [0, 0.05) is 17.1 Å². The van der Waals surface area contributed by atoms with E-state index in [1.807, 2.05) is 11.6 Å². The number of cyclic esters (lactones) is 1. The van der Waals surface area contributed by atoms with Crippen molar-refractivity contribution in [2.75, 3.05) is 7.11 Å². The van der Waals surface area contributed by atoms with Crippen LogP contribution in [-0.2, 0) is 9.53 Å². The van der Waals surface area contributed by atoms with Crippen molar-refractivity contribution in [3.05, 3.63) is 57.9 Å². The molecule has 1 aliphatic rings. The first kappa shape index (κ1) is 14.9. The molecular weight excluding hydrogens is 350 g/mol. The van der Waals surface area contributed by atoms with Crippen molar-refractivity contribution in [1.82, 2.24) is 9.38 Å². The van der Waals surface area contributed by atoms with Crippen LogP contribution in [0.5, 0.6) is 5.75 Å². The van der Waals surface area contributed by atoms with E-state index >= 15 is 0 Å². The summed E-state index contributed by atoms with van der Waals surface area (Å²) >= 11 is 7.59. The van der Waals surface area contributed by atoms with Crippen LogP contribution >= 0.6 is 22.9 Å². The monoisotopic (exact) mass is 359 g/mol. The van der Waals surface area contributed by atoms with E-state index in [0.717, 1.165) is 4.96 Å². The molecule has 0 radical (unpaired) electrons. The molecule has 120 valence electrons. The Morgan fingerprint density at radius 2 is 2.12 bits per heavy atom. The third-order valence-corrected chi connectivity index (χ3v) is 4.52. The smallest absolute Gasteiger partial charge is 0.363 e. The molecule has 0 fully saturated rings. The average molecular weight is 360 g/mol. The van der Waals surface area contributed by atoms with Crippen LogP contribution in [0, 0.1) is 0 Å². The van der Waals surface area contributed by atoms with Crippen molar-refractivity contribution < 1.29 is 14.3 Å². The second-order valence-corrected chi connectivity index (χ2v) is 6.14. The standard InChI is InChI=1S/C16H10ClN3O3S/c1-22-10-4-2-9(3-5-10)14-18-11(15(21)23-14)8-12-13(17)19-16-20(12)6-7-24-16/h2-8H,1H3. The number of rotatable bonds is 3. The molecule has 4 rings (SSSR count). The normalized spacial score (nSPS) is 15.8. The molecule has 1 aliphatic heterocycles. The maximum atomic E-state index is 12.1. The number of carbonyl (C=O) groups is 1. The van der Waals surface area contributed by atoms with Crippen molar-refractivity contribution in [2.24, 2.45) is 4.99 Å². The minimum absolute atomic E-state index is 0.177. The van der Waals surface area contributed by atoms with Gasteiger partial charge in [-0.3, -0.25) is 4.40 Å². The number of benzene rings is 1. The van der Waals surface area contributed by atoms with Gasteiger partial charge in [-0.2, -0.15) is 0 Å². The second-order valence-electron chi connectivity index (χ2n) is 4.91. The number of thiazole rings is 1. The Balaban J connectivity index is 1.72. The summed E-state index contributed by atoms with van der Waals surface area (Å²) in [5.41, 5.74) is 1.46. The van der Waals surface area contributed by atoms with Gasteiger partial charge in [-0.05, 0) is 30.3 Å². The fraction of sp³-hybridized carbons (Fsp3) is 0.0625. The Morgan fingerprint density at radius 1 is 1.33 bits per heavy atom. The number of aromatic nitrogens is 2. The molecule has 3 aromatic rings. The van der Waals surface area contributed by atoms with E-state index in [9.17, 15) is 4.79 Å². The largest absolute Gasteiger partial charge is 0.497 e. The maximum absolute atomic E-state index is 12.1. The number of nitrogens with zero attached hydrogens (tertiary/aromatic N) is 3. The number of imidazole rings is 1. The van der Waals surface area contributed by atoms with Crippen LogP contribution in [0.15, 0.2) is 46.5 Å². The number of aliphatic imine (C=N–C) groups is 1. The molecule has 0 aliphatic carbocycles. The van der Waals surface area contributed by atoms with Crippen molar-refractivity contribution in [2.45, 2.75) is 0 Å². The Morgan fingerprint density at radius 3 is 2.88 bits per heavy atom. The van der Waals surface area contributed by atoms with E-state index in [1.54, 1.807) is 41.9 Å². The molecule has 6 nitrogen and oxygen atoms in total. The molecule has 0 atom stereocenters. The molecule has 24 heavy (non-hydrogen) atoms. The van der Waals surface area contributed by atoms with E-state index in [1.165, 1.54) is 11.3 Å². The molecule has 0 N–H and O–H groups in total. The van der Waals surface area contributed by atoms with Crippen LogP contribution in [0.3, 0.4) is 0 Å². The first-order chi connectivity index (χ1) is 11.7. The zero-order valence-corrected chi connectivity index (χ0v) is 14.0. The lowest BCUT2D eigenvalue weighted by atomic mass is 10.2. The number of esters is 1. The minimum Gasteiger partial charge on any atom is -0.497 e. The van der Waals surface area contributed by atoms with E-state index in [4.69, 9.17) is 21.1 Å². The lowest BCUT2D eigenvalue weighted by Crippen LogP contribution is -2.05. The Bertz CT molecular complexity index is 1000. The topological polar surface area (TPSA) is 65.2 Å². The minimum atomic E-state index is -0.526. The highest BCUT2D eigenvalue weighted by molar-refractivity contribution is 7.15. The number of halogens is 1. The Hall–Kier alpha value is -2.64. The fourth-order valence-corrected chi connectivity index (χ4v) is 3.30. The van der Waals surface area contributed by atoms with E-state index in [2.05, 4.69) is 9.98 Å². The predicted octanol–water partition coefficient (Wildman–Crippen LogP) is 3.40. The third-order valence-electron chi connectivity index (χ3n) is 3.49. The first-order valence-corrected chi connectivity index (χ1v) is 8.19. The highest BCUT2D eigenvalue weighted by Gasteiger charge is 2.25. The number of hydrogen-bond acceptors (Lipinski definition) is 6. The summed E-state index contributed by atoms with van der Waals surface area (Å²) in [5, 5.41) is 2.20. The van der Waals surface area contributed by atoms with E-state index in [-0.39, 0.29) is 11.6 Å². The third kappa shape index (κ3) is 2.47. The van der Waals surface area contributed by atoms with Gasteiger partial charge in [0.05, 0.1) is 12.8 Å². The van der Waals surface area contributed by atoms with Gasteiger partial charge < -0.3 is 9.47 Å². The molecule has 2 aromatic heterocycles. The van der Waals surface area contributed by atoms with E-state index < -0.39 is 5.97 Å². The number of ether oxygens (including phenoxy) is 2. The lowest BCUT2D eigenvalue weighted by Gasteiger charge is -2.01. The van der Waals surface area contributed by atoms with Crippen molar-refractivity contribution in [3.63, 3.8) is 0 Å². The number of carbonyl (C=O) groups excluding carboxylic acids is 1. The zero-order chi connectivity index (χ0) is 16.7. The SMILES string of the molecule is COc1ccc(C2=NC(=Cc3c(Cl)nc4sccn34)C(=O)O2)cc1. The lowest BCUT2D eigenvalue weighted by molar-refractivity contribution is -0.129.